The second-order valence-corrected chi connectivity index (χ2v) is 7.29. The SMILES string of the molecule is CNS(=O)(=O)Cc1ccc(CNC(=O)c2ccc(OC(F)F)cc2)cc1. The molecule has 2 aromatic carbocycles. The number of halogens is 2. The maximum Gasteiger partial charge on any atom is 0.387 e. The summed E-state index contributed by atoms with van der Waals surface area (Å²) in [5.41, 5.74) is 1.73. The van der Waals surface area contributed by atoms with Gasteiger partial charge in [0.25, 0.3) is 5.91 Å². The molecular weight excluding hydrogens is 366 g/mol. The third-order valence-electron chi connectivity index (χ3n) is 3.49. The predicted molar refractivity (Wildman–Crippen MR) is 92.4 cm³/mol. The van der Waals surface area contributed by atoms with Crippen LogP contribution in [0.3, 0.4) is 0 Å². The van der Waals surface area contributed by atoms with Crippen LogP contribution in [0.1, 0.15) is 21.5 Å². The second-order valence-electron chi connectivity index (χ2n) is 5.37. The summed E-state index contributed by atoms with van der Waals surface area (Å²) >= 11 is 0. The lowest BCUT2D eigenvalue weighted by Crippen LogP contribution is -2.23. The fourth-order valence-electron chi connectivity index (χ4n) is 2.12. The lowest BCUT2D eigenvalue weighted by atomic mass is 10.1. The minimum absolute atomic E-state index is 0.0244. The molecule has 0 aromatic heterocycles. The molecule has 2 aromatic rings. The van der Waals surface area contributed by atoms with Gasteiger partial charge < -0.3 is 10.1 Å². The van der Waals surface area contributed by atoms with Gasteiger partial charge in [0.05, 0.1) is 5.75 Å². The van der Waals surface area contributed by atoms with E-state index in [0.29, 0.717) is 11.1 Å². The van der Waals surface area contributed by atoms with Crippen LogP contribution in [0.4, 0.5) is 8.78 Å². The highest BCUT2D eigenvalue weighted by atomic mass is 32.2. The van der Waals surface area contributed by atoms with Crippen molar-refractivity contribution in [3.05, 3.63) is 65.2 Å². The van der Waals surface area contributed by atoms with E-state index in [1.807, 2.05) is 0 Å². The van der Waals surface area contributed by atoms with Crippen molar-refractivity contribution in [3.63, 3.8) is 0 Å². The monoisotopic (exact) mass is 384 g/mol. The number of ether oxygens (including phenoxy) is 1. The highest BCUT2D eigenvalue weighted by Crippen LogP contribution is 2.15. The number of hydrogen-bond donors (Lipinski definition) is 2. The van der Waals surface area contributed by atoms with Crippen LogP contribution in [0.5, 0.6) is 5.75 Å². The summed E-state index contributed by atoms with van der Waals surface area (Å²) in [6.07, 6.45) is 0. The Morgan fingerprint density at radius 1 is 1.04 bits per heavy atom. The fraction of sp³-hybridized carbons (Fsp3) is 0.235. The van der Waals surface area contributed by atoms with Gasteiger partial charge in [0.2, 0.25) is 10.0 Å². The average molecular weight is 384 g/mol. The average Bonchev–Trinajstić information content (AvgIpc) is 2.61. The molecule has 0 saturated heterocycles. The number of amides is 1. The summed E-state index contributed by atoms with van der Waals surface area (Å²) in [5.74, 6) is -0.512. The van der Waals surface area contributed by atoms with Gasteiger partial charge in [-0.1, -0.05) is 24.3 Å². The van der Waals surface area contributed by atoms with Crippen LogP contribution in [0.25, 0.3) is 0 Å². The summed E-state index contributed by atoms with van der Waals surface area (Å²) in [5, 5.41) is 2.70. The van der Waals surface area contributed by atoms with Crippen molar-refractivity contribution >= 4 is 15.9 Å². The Balaban J connectivity index is 1.90. The van der Waals surface area contributed by atoms with E-state index in [1.165, 1.54) is 31.3 Å². The number of nitrogens with one attached hydrogen (secondary N) is 2. The number of rotatable bonds is 8. The second kappa shape index (κ2) is 8.72. The molecule has 0 fully saturated rings. The normalized spacial score (nSPS) is 11.4. The van der Waals surface area contributed by atoms with Gasteiger partial charge in [-0.15, -0.1) is 0 Å². The Kier molecular flexibility index (Phi) is 6.64. The van der Waals surface area contributed by atoms with E-state index in [-0.39, 0.29) is 24.0 Å². The van der Waals surface area contributed by atoms with Crippen LogP contribution >= 0.6 is 0 Å². The molecule has 26 heavy (non-hydrogen) atoms. The molecule has 2 N–H and O–H groups in total. The van der Waals surface area contributed by atoms with Crippen molar-refractivity contribution in [1.82, 2.24) is 10.0 Å². The van der Waals surface area contributed by atoms with Crippen LogP contribution in [0.15, 0.2) is 48.5 Å². The van der Waals surface area contributed by atoms with Crippen molar-refractivity contribution in [2.45, 2.75) is 18.9 Å². The molecular formula is C17H18F2N2O4S. The van der Waals surface area contributed by atoms with Crippen LogP contribution in [-0.2, 0) is 22.3 Å². The Bertz CT molecular complexity index is 838. The van der Waals surface area contributed by atoms with Crippen LogP contribution < -0.4 is 14.8 Å². The summed E-state index contributed by atoms with van der Waals surface area (Å²) in [4.78, 5) is 12.1. The van der Waals surface area contributed by atoms with Crippen LogP contribution in [0.2, 0.25) is 0 Å². The maximum absolute atomic E-state index is 12.1. The molecule has 0 radical (unpaired) electrons. The Morgan fingerprint density at radius 3 is 2.15 bits per heavy atom. The third kappa shape index (κ3) is 6.08. The van der Waals surface area contributed by atoms with Gasteiger partial charge in [-0.3, -0.25) is 4.79 Å². The standard InChI is InChI=1S/C17H18F2N2O4S/c1-20-26(23,24)11-13-4-2-12(3-5-13)10-21-16(22)14-6-8-15(9-7-14)25-17(18)19/h2-9,17,20H,10-11H2,1H3,(H,21,22). The molecule has 6 nitrogen and oxygen atoms in total. The van der Waals surface area contributed by atoms with E-state index in [4.69, 9.17) is 0 Å². The number of carbonyl (C=O) groups is 1. The van der Waals surface area contributed by atoms with Gasteiger partial charge >= 0.3 is 6.61 Å². The van der Waals surface area contributed by atoms with Crippen molar-refractivity contribution in [1.29, 1.82) is 0 Å². The quantitative estimate of drug-likeness (QED) is 0.731. The number of benzene rings is 2. The molecule has 0 unspecified atom stereocenters. The van der Waals surface area contributed by atoms with Gasteiger partial charge in [-0.25, -0.2) is 13.1 Å². The number of hydrogen-bond acceptors (Lipinski definition) is 4. The highest BCUT2D eigenvalue weighted by Gasteiger charge is 2.10. The summed E-state index contributed by atoms with van der Waals surface area (Å²) in [6.45, 7) is -2.67. The van der Waals surface area contributed by atoms with E-state index >= 15 is 0 Å². The van der Waals surface area contributed by atoms with Gasteiger partial charge in [0.15, 0.2) is 0 Å². The predicted octanol–water partition coefficient (Wildman–Crippen LogP) is 2.27. The molecule has 0 atom stereocenters. The third-order valence-corrected chi connectivity index (χ3v) is 4.82. The van der Waals surface area contributed by atoms with Gasteiger partial charge in [-0.2, -0.15) is 8.78 Å². The van der Waals surface area contributed by atoms with E-state index in [9.17, 15) is 22.0 Å². The van der Waals surface area contributed by atoms with Crippen LogP contribution in [0, 0.1) is 0 Å². The number of sulfonamides is 1. The maximum atomic E-state index is 12.1. The molecule has 0 aliphatic rings. The molecule has 140 valence electrons. The van der Waals surface area contributed by atoms with Crippen molar-refractivity contribution in [2.75, 3.05) is 7.05 Å². The molecule has 0 heterocycles. The largest absolute Gasteiger partial charge is 0.435 e. The minimum atomic E-state index is -3.34. The van der Waals surface area contributed by atoms with E-state index < -0.39 is 16.6 Å². The zero-order chi connectivity index (χ0) is 19.2. The zero-order valence-corrected chi connectivity index (χ0v) is 14.7. The highest BCUT2D eigenvalue weighted by molar-refractivity contribution is 7.88. The summed E-state index contributed by atoms with van der Waals surface area (Å²) < 4.78 is 53.6. The van der Waals surface area contributed by atoms with Gasteiger partial charge in [0, 0.05) is 12.1 Å². The summed E-state index contributed by atoms with van der Waals surface area (Å²) in [6, 6.07) is 12.1. The van der Waals surface area contributed by atoms with Crippen molar-refractivity contribution in [3.8, 4) is 5.75 Å². The number of carbonyl (C=O) groups excluding carboxylic acids is 1. The van der Waals surface area contributed by atoms with E-state index in [2.05, 4.69) is 14.8 Å². The summed E-state index contributed by atoms with van der Waals surface area (Å²) in [7, 11) is -1.98. The van der Waals surface area contributed by atoms with E-state index in [1.54, 1.807) is 24.3 Å². The number of alkyl halides is 2. The molecule has 9 heteroatoms. The van der Waals surface area contributed by atoms with E-state index in [0.717, 1.165) is 5.56 Å². The molecule has 2 rings (SSSR count). The lowest BCUT2D eigenvalue weighted by molar-refractivity contribution is -0.0498. The fourth-order valence-corrected chi connectivity index (χ4v) is 2.89. The smallest absolute Gasteiger partial charge is 0.387 e. The van der Waals surface area contributed by atoms with Gasteiger partial charge in [0.1, 0.15) is 5.75 Å². The zero-order valence-electron chi connectivity index (χ0n) is 13.9. The molecule has 0 saturated carbocycles. The first-order valence-electron chi connectivity index (χ1n) is 7.61. The van der Waals surface area contributed by atoms with Crippen molar-refractivity contribution < 1.29 is 26.7 Å². The molecule has 0 aliphatic heterocycles. The molecule has 1 amide bonds. The first kappa shape index (κ1) is 19.8. The topological polar surface area (TPSA) is 84.5 Å². The van der Waals surface area contributed by atoms with Crippen LogP contribution in [-0.4, -0.2) is 28.0 Å². The molecule has 0 spiro atoms. The van der Waals surface area contributed by atoms with Crippen molar-refractivity contribution in [2.24, 2.45) is 0 Å². The van der Waals surface area contributed by atoms with Gasteiger partial charge in [-0.05, 0) is 42.4 Å². The molecule has 0 bridgehead atoms. The first-order chi connectivity index (χ1) is 12.3. The minimum Gasteiger partial charge on any atom is -0.435 e. The Morgan fingerprint density at radius 2 is 1.62 bits per heavy atom. The Labute approximate surface area is 150 Å². The molecule has 0 aliphatic carbocycles. The lowest BCUT2D eigenvalue weighted by Gasteiger charge is -2.08. The first-order valence-corrected chi connectivity index (χ1v) is 9.26. The Hall–Kier alpha value is -2.52.